The molecule has 262 valence electrons. The van der Waals surface area contributed by atoms with Crippen LogP contribution in [0.5, 0.6) is 0 Å². The highest BCUT2D eigenvalue weighted by Gasteiger charge is 2.20. The molecule has 1 heterocycles. The standard InChI is InChI=1S/C55H37N/c1-4-16-38(17-5-1)46-36-51(40-18-6-2-7-19-40)55(52(37-46)41-20-8-3-9-21-41)45-25-15-24-44(35-45)54-49-28-12-10-26-47(49)53(48-27-11-13-29-50(48)54)43-23-14-22-42(34-43)39-30-32-56-33-31-39/h1-37H. The molecule has 10 rings (SSSR count). The third-order valence-electron chi connectivity index (χ3n) is 11.0. The van der Waals surface area contributed by atoms with Crippen LogP contribution in [0, 0.1) is 0 Å². The first-order valence-electron chi connectivity index (χ1n) is 19.2. The van der Waals surface area contributed by atoms with Crippen LogP contribution in [0.25, 0.3) is 99.4 Å². The Kier molecular flexibility index (Phi) is 8.59. The molecular formula is C55H37N. The normalized spacial score (nSPS) is 11.2. The van der Waals surface area contributed by atoms with Gasteiger partial charge >= 0.3 is 0 Å². The van der Waals surface area contributed by atoms with Gasteiger partial charge in [-0.05, 0) is 136 Å². The minimum Gasteiger partial charge on any atom is -0.265 e. The molecule has 10 aromatic rings. The van der Waals surface area contributed by atoms with E-state index >= 15 is 0 Å². The largest absolute Gasteiger partial charge is 0.265 e. The molecule has 0 unspecified atom stereocenters. The van der Waals surface area contributed by atoms with Gasteiger partial charge in [-0.1, -0.05) is 176 Å². The fourth-order valence-corrected chi connectivity index (χ4v) is 8.42. The molecule has 0 atom stereocenters. The lowest BCUT2D eigenvalue weighted by atomic mass is 9.82. The molecule has 0 saturated heterocycles. The predicted octanol–water partition coefficient (Wildman–Crippen LogP) is 15.1. The lowest BCUT2D eigenvalue weighted by Gasteiger charge is -2.21. The van der Waals surface area contributed by atoms with Crippen LogP contribution in [0.4, 0.5) is 0 Å². The van der Waals surface area contributed by atoms with Crippen LogP contribution in [0.3, 0.4) is 0 Å². The van der Waals surface area contributed by atoms with Gasteiger partial charge in [-0.2, -0.15) is 0 Å². The van der Waals surface area contributed by atoms with E-state index in [0.29, 0.717) is 0 Å². The highest BCUT2D eigenvalue weighted by Crippen LogP contribution is 2.47. The number of aromatic nitrogens is 1. The van der Waals surface area contributed by atoms with Crippen molar-refractivity contribution < 1.29 is 0 Å². The van der Waals surface area contributed by atoms with Gasteiger partial charge in [0.2, 0.25) is 0 Å². The summed E-state index contributed by atoms with van der Waals surface area (Å²) >= 11 is 0. The van der Waals surface area contributed by atoms with Crippen LogP contribution in [0.2, 0.25) is 0 Å². The third kappa shape index (κ3) is 6.06. The average Bonchev–Trinajstić information content (AvgIpc) is 3.29. The van der Waals surface area contributed by atoms with Crippen LogP contribution < -0.4 is 0 Å². The lowest BCUT2D eigenvalue weighted by molar-refractivity contribution is 1.33. The van der Waals surface area contributed by atoms with E-state index in [4.69, 9.17) is 0 Å². The summed E-state index contributed by atoms with van der Waals surface area (Å²) in [7, 11) is 0. The van der Waals surface area contributed by atoms with E-state index in [1.807, 2.05) is 12.4 Å². The van der Waals surface area contributed by atoms with E-state index in [2.05, 4.69) is 217 Å². The summed E-state index contributed by atoms with van der Waals surface area (Å²) in [6, 6.07) is 77.3. The summed E-state index contributed by atoms with van der Waals surface area (Å²) in [5.74, 6) is 0. The fraction of sp³-hybridized carbons (Fsp3) is 0. The predicted molar refractivity (Wildman–Crippen MR) is 237 cm³/mol. The lowest BCUT2D eigenvalue weighted by Crippen LogP contribution is -1.94. The number of benzene rings is 9. The minimum atomic E-state index is 1.16. The SMILES string of the molecule is c1ccc(-c2cc(-c3ccccc3)c(-c3cccc(-c4c5ccccc5c(-c5cccc(-c6ccncc6)c5)c5ccccc45)c3)c(-c3ccccc3)c2)cc1. The number of hydrogen-bond acceptors (Lipinski definition) is 1. The van der Waals surface area contributed by atoms with Crippen molar-refractivity contribution >= 4 is 21.5 Å². The molecule has 0 aliphatic rings. The van der Waals surface area contributed by atoms with Gasteiger partial charge in [-0.15, -0.1) is 0 Å². The summed E-state index contributed by atoms with van der Waals surface area (Å²) in [5, 5.41) is 4.94. The van der Waals surface area contributed by atoms with Crippen LogP contribution in [0.1, 0.15) is 0 Å². The van der Waals surface area contributed by atoms with Crippen LogP contribution in [0.15, 0.2) is 225 Å². The van der Waals surface area contributed by atoms with E-state index in [-0.39, 0.29) is 0 Å². The highest BCUT2D eigenvalue weighted by molar-refractivity contribution is 6.21. The molecule has 0 amide bonds. The first-order valence-corrected chi connectivity index (χ1v) is 19.2. The molecule has 1 heteroatoms. The minimum absolute atomic E-state index is 1.16. The summed E-state index contributed by atoms with van der Waals surface area (Å²) in [6.07, 6.45) is 3.72. The highest BCUT2D eigenvalue weighted by atomic mass is 14.6. The van der Waals surface area contributed by atoms with Gasteiger partial charge in [-0.3, -0.25) is 4.98 Å². The smallest absolute Gasteiger partial charge is 0.0273 e. The summed E-state index contributed by atoms with van der Waals surface area (Å²) in [6.45, 7) is 0. The molecule has 56 heavy (non-hydrogen) atoms. The Morgan fingerprint density at radius 2 is 0.554 bits per heavy atom. The van der Waals surface area contributed by atoms with Gasteiger partial charge in [0.05, 0.1) is 0 Å². The van der Waals surface area contributed by atoms with Crippen molar-refractivity contribution in [2.75, 3.05) is 0 Å². The van der Waals surface area contributed by atoms with Crippen molar-refractivity contribution in [2.45, 2.75) is 0 Å². The van der Waals surface area contributed by atoms with Crippen molar-refractivity contribution in [1.29, 1.82) is 0 Å². The van der Waals surface area contributed by atoms with Crippen LogP contribution in [-0.4, -0.2) is 4.98 Å². The molecule has 0 aliphatic heterocycles. The van der Waals surface area contributed by atoms with Crippen molar-refractivity contribution in [2.24, 2.45) is 0 Å². The molecule has 0 aliphatic carbocycles. The summed E-state index contributed by atoms with van der Waals surface area (Å²) < 4.78 is 0. The van der Waals surface area contributed by atoms with Crippen molar-refractivity contribution in [3.63, 3.8) is 0 Å². The molecule has 0 fully saturated rings. The van der Waals surface area contributed by atoms with Crippen LogP contribution in [-0.2, 0) is 0 Å². The molecule has 9 aromatic carbocycles. The van der Waals surface area contributed by atoms with Gasteiger partial charge in [0.25, 0.3) is 0 Å². The van der Waals surface area contributed by atoms with E-state index in [0.717, 1.165) is 5.56 Å². The summed E-state index contributed by atoms with van der Waals surface area (Å²) in [4.78, 5) is 4.25. The van der Waals surface area contributed by atoms with Crippen LogP contribution >= 0.6 is 0 Å². The second-order valence-electron chi connectivity index (χ2n) is 14.3. The molecule has 0 N–H and O–H groups in total. The molecule has 1 aromatic heterocycles. The molecule has 0 saturated carbocycles. The monoisotopic (exact) mass is 711 g/mol. The van der Waals surface area contributed by atoms with Gasteiger partial charge in [-0.25, -0.2) is 0 Å². The number of nitrogens with zero attached hydrogens (tertiary/aromatic N) is 1. The Hall–Kier alpha value is -7.35. The zero-order chi connectivity index (χ0) is 37.3. The molecular weight excluding hydrogens is 675 g/mol. The van der Waals surface area contributed by atoms with Gasteiger partial charge in [0.15, 0.2) is 0 Å². The van der Waals surface area contributed by atoms with Crippen molar-refractivity contribution in [3.05, 3.63) is 225 Å². The van der Waals surface area contributed by atoms with Crippen molar-refractivity contribution in [1.82, 2.24) is 4.98 Å². The van der Waals surface area contributed by atoms with Gasteiger partial charge < -0.3 is 0 Å². The van der Waals surface area contributed by atoms with E-state index in [1.54, 1.807) is 0 Å². The number of fused-ring (bicyclic) bond motifs is 2. The molecule has 0 bridgehead atoms. The molecule has 0 spiro atoms. The number of hydrogen-bond donors (Lipinski definition) is 0. The first kappa shape index (κ1) is 33.2. The second kappa shape index (κ2) is 14.5. The Bertz CT molecular complexity index is 2870. The van der Waals surface area contributed by atoms with E-state index < -0.39 is 0 Å². The van der Waals surface area contributed by atoms with E-state index in [9.17, 15) is 0 Å². The average molecular weight is 712 g/mol. The Labute approximate surface area is 327 Å². The summed E-state index contributed by atoms with van der Waals surface area (Å²) in [5.41, 5.74) is 16.8. The fourth-order valence-electron chi connectivity index (χ4n) is 8.42. The number of rotatable bonds is 7. The van der Waals surface area contributed by atoms with Crippen molar-refractivity contribution in [3.8, 4) is 77.9 Å². The number of pyridine rings is 1. The Morgan fingerprint density at radius 1 is 0.214 bits per heavy atom. The quantitative estimate of drug-likeness (QED) is 0.150. The first-order chi connectivity index (χ1) is 27.8. The third-order valence-corrected chi connectivity index (χ3v) is 11.0. The van der Waals surface area contributed by atoms with Gasteiger partial charge in [0, 0.05) is 12.4 Å². The zero-order valence-electron chi connectivity index (χ0n) is 30.8. The maximum atomic E-state index is 4.25. The molecule has 0 radical (unpaired) electrons. The van der Waals surface area contributed by atoms with Gasteiger partial charge in [0.1, 0.15) is 0 Å². The molecule has 1 nitrogen and oxygen atoms in total. The Morgan fingerprint density at radius 3 is 1.02 bits per heavy atom. The maximum absolute atomic E-state index is 4.25. The second-order valence-corrected chi connectivity index (χ2v) is 14.3. The van der Waals surface area contributed by atoms with E-state index in [1.165, 1.54) is 93.9 Å². The maximum Gasteiger partial charge on any atom is 0.0273 e. The Balaban J connectivity index is 1.23. The zero-order valence-corrected chi connectivity index (χ0v) is 30.8. The topological polar surface area (TPSA) is 12.9 Å².